The monoisotopic (exact) mass is 211 g/mol. The summed E-state index contributed by atoms with van der Waals surface area (Å²) in [6.45, 7) is 6.10. The van der Waals surface area contributed by atoms with Crippen molar-refractivity contribution >= 4 is 11.6 Å². The molecule has 2 heteroatoms. The van der Waals surface area contributed by atoms with E-state index < -0.39 is 0 Å². The van der Waals surface area contributed by atoms with E-state index in [2.05, 4.69) is 13.8 Å². The molecule has 77 valence electrons. The van der Waals surface area contributed by atoms with Gasteiger partial charge in [-0.05, 0) is 37.6 Å². The summed E-state index contributed by atoms with van der Waals surface area (Å²) in [5.41, 5.74) is 0. The Labute approximate surface area is 91.0 Å². The molecule has 1 aromatic carbocycles. The number of ether oxygens (including phenoxy) is 1. The minimum atomic E-state index is 0.0381. The first-order valence-corrected chi connectivity index (χ1v) is 5.35. The number of hydrogen-bond donors (Lipinski definition) is 0. The summed E-state index contributed by atoms with van der Waals surface area (Å²) in [5.74, 6) is 0.838. The molecule has 0 aliphatic carbocycles. The maximum atomic E-state index is 5.76. The van der Waals surface area contributed by atoms with E-state index in [9.17, 15) is 0 Å². The largest absolute Gasteiger partial charge is 0.490 e. The summed E-state index contributed by atoms with van der Waals surface area (Å²) in [7, 11) is 0. The average Bonchev–Trinajstić information content (AvgIpc) is 2.18. The van der Waals surface area contributed by atoms with Crippen molar-refractivity contribution < 1.29 is 4.74 Å². The molecule has 0 aliphatic heterocycles. The van der Waals surface area contributed by atoms with Crippen molar-refractivity contribution in [2.45, 2.75) is 32.3 Å². The van der Waals surface area contributed by atoms with Gasteiger partial charge >= 0.3 is 0 Å². The quantitative estimate of drug-likeness (QED) is 0.712. The van der Waals surface area contributed by atoms with Crippen LogP contribution < -0.4 is 4.74 Å². The van der Waals surface area contributed by atoms with E-state index in [0.717, 1.165) is 23.6 Å². The molecule has 1 aromatic rings. The van der Waals surface area contributed by atoms with Crippen LogP contribution >= 0.6 is 11.6 Å². The third kappa shape index (κ3) is 4.01. The molecular weight excluding hydrogens is 196 g/mol. The maximum Gasteiger partial charge on any atom is 0.119 e. The van der Waals surface area contributed by atoms with E-state index >= 15 is 0 Å². The molecule has 1 radical (unpaired) electrons. The third-order valence-corrected chi connectivity index (χ3v) is 2.25. The lowest BCUT2D eigenvalue weighted by Gasteiger charge is -2.13. The fourth-order valence-corrected chi connectivity index (χ4v) is 1.32. The summed E-state index contributed by atoms with van der Waals surface area (Å²) in [6.07, 6.45) is 3.37. The third-order valence-electron chi connectivity index (χ3n) is 2.00. The van der Waals surface area contributed by atoms with Crippen LogP contribution in [0.2, 0.25) is 5.02 Å². The Bertz CT molecular complexity index is 256. The predicted molar refractivity (Wildman–Crippen MR) is 60.8 cm³/mol. The van der Waals surface area contributed by atoms with Crippen LogP contribution in [0.4, 0.5) is 0 Å². The van der Waals surface area contributed by atoms with Crippen LogP contribution in [0.1, 0.15) is 26.2 Å². The molecule has 1 atom stereocenters. The summed E-state index contributed by atoms with van der Waals surface area (Å²) in [6, 6.07) is 7.38. The van der Waals surface area contributed by atoms with Crippen molar-refractivity contribution in [1.82, 2.24) is 0 Å². The highest BCUT2D eigenvalue weighted by molar-refractivity contribution is 6.30. The predicted octanol–water partition coefficient (Wildman–Crippen LogP) is 4.11. The number of hydrogen-bond acceptors (Lipinski definition) is 1. The van der Waals surface area contributed by atoms with Gasteiger partial charge in [-0.1, -0.05) is 31.4 Å². The van der Waals surface area contributed by atoms with Crippen molar-refractivity contribution in [3.8, 4) is 5.75 Å². The Kier molecular flexibility index (Phi) is 4.81. The molecule has 1 unspecified atom stereocenters. The van der Waals surface area contributed by atoms with Gasteiger partial charge in [0.15, 0.2) is 0 Å². The first-order chi connectivity index (χ1) is 6.72. The summed E-state index contributed by atoms with van der Waals surface area (Å²) < 4.78 is 5.60. The lowest BCUT2D eigenvalue weighted by atomic mass is 10.2. The molecule has 14 heavy (non-hydrogen) atoms. The molecule has 0 spiro atoms. The van der Waals surface area contributed by atoms with Gasteiger partial charge in [0.2, 0.25) is 0 Å². The Balaban J connectivity index is 2.39. The minimum absolute atomic E-state index is 0.0381. The van der Waals surface area contributed by atoms with Crippen LogP contribution in [0, 0.1) is 6.92 Å². The van der Waals surface area contributed by atoms with Crippen LogP contribution in [-0.4, -0.2) is 6.10 Å². The van der Waals surface area contributed by atoms with E-state index in [-0.39, 0.29) is 6.10 Å². The zero-order valence-electron chi connectivity index (χ0n) is 8.50. The minimum Gasteiger partial charge on any atom is -0.490 e. The number of benzene rings is 1. The molecule has 0 N–H and O–H groups in total. The van der Waals surface area contributed by atoms with Crippen molar-refractivity contribution in [3.63, 3.8) is 0 Å². The SMILES string of the molecule is [CH2]C(CCCC)Oc1ccc(Cl)cc1. The molecule has 0 heterocycles. The highest BCUT2D eigenvalue weighted by Gasteiger charge is 2.02. The molecular formula is C12H16ClO. The van der Waals surface area contributed by atoms with Gasteiger partial charge in [0.25, 0.3) is 0 Å². The van der Waals surface area contributed by atoms with E-state index in [1.807, 2.05) is 24.3 Å². The van der Waals surface area contributed by atoms with Crippen molar-refractivity contribution in [1.29, 1.82) is 0 Å². The van der Waals surface area contributed by atoms with Gasteiger partial charge in [-0.2, -0.15) is 0 Å². The van der Waals surface area contributed by atoms with Gasteiger partial charge < -0.3 is 4.74 Å². The molecule has 0 aromatic heterocycles. The summed E-state index contributed by atoms with van der Waals surface area (Å²) >= 11 is 5.76. The molecule has 0 saturated carbocycles. The zero-order chi connectivity index (χ0) is 10.4. The Morgan fingerprint density at radius 2 is 2.00 bits per heavy atom. The highest BCUT2D eigenvalue weighted by Crippen LogP contribution is 2.17. The average molecular weight is 212 g/mol. The molecule has 1 rings (SSSR count). The van der Waals surface area contributed by atoms with Crippen LogP contribution in [0.25, 0.3) is 0 Å². The normalized spacial score (nSPS) is 12.5. The number of unbranched alkanes of at least 4 members (excludes halogenated alkanes) is 1. The molecule has 0 aliphatic rings. The summed E-state index contributed by atoms with van der Waals surface area (Å²) in [4.78, 5) is 0. The second-order valence-corrected chi connectivity index (χ2v) is 3.77. The lowest BCUT2D eigenvalue weighted by molar-refractivity contribution is 0.232. The fraction of sp³-hybridized carbons (Fsp3) is 0.417. The Hall–Kier alpha value is -0.690. The van der Waals surface area contributed by atoms with Crippen molar-refractivity contribution in [2.75, 3.05) is 0 Å². The molecule has 0 fully saturated rings. The standard InChI is InChI=1S/C12H16ClO/c1-3-4-5-10(2)14-12-8-6-11(13)7-9-12/h6-10H,2-5H2,1H3. The van der Waals surface area contributed by atoms with Gasteiger partial charge in [0, 0.05) is 5.02 Å². The lowest BCUT2D eigenvalue weighted by Crippen LogP contribution is -2.11. The van der Waals surface area contributed by atoms with Gasteiger partial charge in [-0.15, -0.1) is 0 Å². The van der Waals surface area contributed by atoms with E-state index in [1.54, 1.807) is 0 Å². The second kappa shape index (κ2) is 5.92. The van der Waals surface area contributed by atoms with Crippen LogP contribution in [0.5, 0.6) is 5.75 Å². The van der Waals surface area contributed by atoms with Crippen LogP contribution in [0.3, 0.4) is 0 Å². The van der Waals surface area contributed by atoms with Crippen molar-refractivity contribution in [3.05, 3.63) is 36.2 Å². The molecule has 1 nitrogen and oxygen atoms in total. The summed E-state index contributed by atoms with van der Waals surface area (Å²) in [5, 5.41) is 0.728. The van der Waals surface area contributed by atoms with Crippen LogP contribution in [0.15, 0.2) is 24.3 Å². The zero-order valence-corrected chi connectivity index (χ0v) is 9.26. The molecule has 0 amide bonds. The Morgan fingerprint density at radius 1 is 1.36 bits per heavy atom. The van der Waals surface area contributed by atoms with Gasteiger partial charge in [-0.3, -0.25) is 0 Å². The van der Waals surface area contributed by atoms with Crippen LogP contribution in [-0.2, 0) is 0 Å². The Morgan fingerprint density at radius 3 is 2.57 bits per heavy atom. The van der Waals surface area contributed by atoms with E-state index in [0.29, 0.717) is 0 Å². The first-order valence-electron chi connectivity index (χ1n) is 4.97. The van der Waals surface area contributed by atoms with Crippen molar-refractivity contribution in [2.24, 2.45) is 0 Å². The van der Waals surface area contributed by atoms with Gasteiger partial charge in [0.1, 0.15) is 5.75 Å². The number of halogens is 1. The molecule has 0 bridgehead atoms. The maximum absolute atomic E-state index is 5.76. The first kappa shape index (κ1) is 11.4. The second-order valence-electron chi connectivity index (χ2n) is 3.34. The smallest absolute Gasteiger partial charge is 0.119 e. The van der Waals surface area contributed by atoms with Gasteiger partial charge in [-0.25, -0.2) is 0 Å². The fourth-order valence-electron chi connectivity index (χ4n) is 1.20. The topological polar surface area (TPSA) is 9.23 Å². The highest BCUT2D eigenvalue weighted by atomic mass is 35.5. The molecule has 0 saturated heterocycles. The van der Waals surface area contributed by atoms with E-state index in [4.69, 9.17) is 16.3 Å². The number of rotatable bonds is 5. The van der Waals surface area contributed by atoms with Gasteiger partial charge in [0.05, 0.1) is 6.10 Å². The van der Waals surface area contributed by atoms with E-state index in [1.165, 1.54) is 6.42 Å².